The first-order chi connectivity index (χ1) is 16.3. The zero-order valence-corrected chi connectivity index (χ0v) is 15.7. The van der Waals surface area contributed by atoms with Crippen molar-refractivity contribution in [1.82, 2.24) is 14.8 Å². The van der Waals surface area contributed by atoms with Gasteiger partial charge in [0, 0.05) is 34.9 Å². The van der Waals surface area contributed by atoms with Crippen LogP contribution in [0.2, 0.25) is 0 Å². The van der Waals surface area contributed by atoms with Gasteiger partial charge in [0.05, 0.1) is 32.8 Å². The van der Waals surface area contributed by atoms with Crippen molar-refractivity contribution in [2.75, 3.05) is 17.7 Å². The van der Waals surface area contributed by atoms with Crippen LogP contribution < -0.4 is 15.4 Å². The monoisotopic (exact) mass is 418 g/mol. The average Bonchev–Trinajstić information content (AvgIpc) is 3.51. The van der Waals surface area contributed by atoms with Crippen LogP contribution in [0, 0.1) is 11.7 Å². The molecule has 0 radical (unpaired) electrons. The summed E-state index contributed by atoms with van der Waals surface area (Å²) in [5.74, 6) is -2.74. The molecule has 1 aromatic carbocycles. The molecule has 0 atom stereocenters. The Morgan fingerprint density at radius 1 is 1.40 bits per heavy atom. The third-order valence-electron chi connectivity index (χ3n) is 4.67. The fraction of sp³-hybridized carbons (Fsp3) is 0.300. The Bertz CT molecular complexity index is 1340. The summed E-state index contributed by atoms with van der Waals surface area (Å²) in [6.07, 6.45) is 3.49. The van der Waals surface area contributed by atoms with Crippen molar-refractivity contribution in [2.45, 2.75) is 26.2 Å². The molecule has 1 aliphatic carbocycles. The highest BCUT2D eigenvalue weighted by atomic mass is 19.1. The van der Waals surface area contributed by atoms with Gasteiger partial charge in [0.15, 0.2) is 5.75 Å². The number of nitrogens with one attached hydrogen (secondary N) is 2. The lowest BCUT2D eigenvalue weighted by atomic mass is 10.1. The SMILES string of the molecule is [2H]C([2H])([2H])C([2H])([2H])n1ncc2c(F)cc(Nc3cc(NC(=O)C4CC4)ncc3C(=O)O)c(OC)c21. The third kappa shape index (κ3) is 3.51. The molecule has 1 saturated carbocycles. The van der Waals surface area contributed by atoms with Crippen LogP contribution in [0.1, 0.15) is 36.9 Å². The summed E-state index contributed by atoms with van der Waals surface area (Å²) in [6.45, 7) is -6.16. The van der Waals surface area contributed by atoms with E-state index in [1.807, 2.05) is 0 Å². The molecule has 3 aromatic rings. The third-order valence-corrected chi connectivity index (χ3v) is 4.67. The van der Waals surface area contributed by atoms with E-state index in [-0.39, 0.29) is 51.2 Å². The van der Waals surface area contributed by atoms with Crippen molar-refractivity contribution in [3.63, 3.8) is 0 Å². The van der Waals surface area contributed by atoms with Gasteiger partial charge in [-0.05, 0) is 19.7 Å². The molecule has 0 spiro atoms. The number of aromatic nitrogens is 3. The quantitative estimate of drug-likeness (QED) is 0.538. The van der Waals surface area contributed by atoms with Gasteiger partial charge in [-0.25, -0.2) is 14.2 Å². The molecule has 156 valence electrons. The molecule has 1 amide bonds. The second-order valence-corrected chi connectivity index (χ2v) is 6.68. The summed E-state index contributed by atoms with van der Waals surface area (Å²) < 4.78 is 59.5. The molecule has 2 heterocycles. The first kappa shape index (κ1) is 14.3. The van der Waals surface area contributed by atoms with Gasteiger partial charge in [-0.1, -0.05) is 0 Å². The molecule has 1 fully saturated rings. The highest BCUT2D eigenvalue weighted by Gasteiger charge is 2.30. The Kier molecular flexibility index (Phi) is 3.64. The van der Waals surface area contributed by atoms with Crippen LogP contribution in [0.3, 0.4) is 0 Å². The minimum atomic E-state index is -3.15. The molecule has 3 N–H and O–H groups in total. The number of carboxylic acids is 1. The Morgan fingerprint density at radius 2 is 2.20 bits per heavy atom. The van der Waals surface area contributed by atoms with Crippen LogP contribution >= 0.6 is 0 Å². The summed E-state index contributed by atoms with van der Waals surface area (Å²) in [5, 5.41) is 18.4. The van der Waals surface area contributed by atoms with Gasteiger partial charge < -0.3 is 20.5 Å². The number of hydrogen-bond acceptors (Lipinski definition) is 6. The van der Waals surface area contributed by atoms with Gasteiger partial charge in [-0.15, -0.1) is 0 Å². The van der Waals surface area contributed by atoms with E-state index in [9.17, 15) is 19.1 Å². The van der Waals surface area contributed by atoms with E-state index in [0.717, 1.165) is 31.3 Å². The largest absolute Gasteiger partial charge is 0.492 e. The molecule has 0 aliphatic heterocycles. The van der Waals surface area contributed by atoms with E-state index in [4.69, 9.17) is 11.6 Å². The topological polar surface area (TPSA) is 118 Å². The normalized spacial score (nSPS) is 16.7. The predicted octanol–water partition coefficient (Wildman–Crippen LogP) is 3.39. The van der Waals surface area contributed by atoms with Gasteiger partial charge in [0.1, 0.15) is 22.7 Å². The van der Waals surface area contributed by atoms with Gasteiger partial charge in [-0.2, -0.15) is 5.10 Å². The second kappa shape index (κ2) is 7.62. The van der Waals surface area contributed by atoms with E-state index >= 15 is 0 Å². The summed E-state index contributed by atoms with van der Waals surface area (Å²) in [4.78, 5) is 27.8. The molecular weight excluding hydrogens is 393 g/mol. The second-order valence-electron chi connectivity index (χ2n) is 6.68. The number of carbonyl (C=O) groups excluding carboxylic acids is 1. The Hall–Kier alpha value is -3.69. The number of nitrogens with zero attached hydrogens (tertiary/aromatic N) is 3. The number of pyridine rings is 1. The number of methoxy groups -OCH3 is 1. The molecular formula is C20H20FN5O4. The van der Waals surface area contributed by atoms with Crippen LogP contribution in [0.15, 0.2) is 24.5 Å². The summed E-state index contributed by atoms with van der Waals surface area (Å²) in [7, 11) is 1.20. The first-order valence-corrected chi connectivity index (χ1v) is 8.91. The lowest BCUT2D eigenvalue weighted by molar-refractivity contribution is -0.117. The number of aromatic carboxylic acids is 1. The van der Waals surface area contributed by atoms with Crippen molar-refractivity contribution in [2.24, 2.45) is 5.92 Å². The number of amides is 1. The lowest BCUT2D eigenvalue weighted by Crippen LogP contribution is -2.15. The number of rotatable bonds is 7. The van der Waals surface area contributed by atoms with E-state index in [2.05, 4.69) is 20.7 Å². The number of carbonyl (C=O) groups is 2. The average molecular weight is 418 g/mol. The van der Waals surface area contributed by atoms with Crippen LogP contribution in [-0.4, -0.2) is 38.9 Å². The Balaban J connectivity index is 1.84. The summed E-state index contributed by atoms with van der Waals surface area (Å²) in [5.41, 5.74) is -0.790. The van der Waals surface area contributed by atoms with E-state index < -0.39 is 25.1 Å². The molecule has 30 heavy (non-hydrogen) atoms. The smallest absolute Gasteiger partial charge is 0.339 e. The minimum absolute atomic E-state index is 0.0682. The van der Waals surface area contributed by atoms with Crippen LogP contribution in [0.5, 0.6) is 5.75 Å². The van der Waals surface area contributed by atoms with Gasteiger partial charge in [0.25, 0.3) is 0 Å². The first-order valence-electron chi connectivity index (χ1n) is 11.4. The van der Waals surface area contributed by atoms with Crippen LogP contribution in [0.4, 0.5) is 21.6 Å². The number of benzene rings is 1. The van der Waals surface area contributed by atoms with Crippen molar-refractivity contribution in [1.29, 1.82) is 0 Å². The van der Waals surface area contributed by atoms with E-state index in [1.165, 1.54) is 13.2 Å². The highest BCUT2D eigenvalue weighted by Crippen LogP contribution is 2.38. The summed E-state index contributed by atoms with van der Waals surface area (Å²) >= 11 is 0. The van der Waals surface area contributed by atoms with Crippen molar-refractivity contribution >= 4 is 40.0 Å². The number of anilines is 3. The minimum Gasteiger partial charge on any atom is -0.492 e. The number of fused-ring (bicyclic) bond motifs is 1. The zero-order chi connectivity index (χ0) is 25.7. The lowest BCUT2D eigenvalue weighted by Gasteiger charge is -2.16. The molecule has 0 unspecified atom stereocenters. The fourth-order valence-electron chi connectivity index (χ4n) is 3.04. The van der Waals surface area contributed by atoms with E-state index in [1.54, 1.807) is 0 Å². The molecule has 9 nitrogen and oxygen atoms in total. The maximum atomic E-state index is 15.0. The number of ether oxygens (including phenoxy) is 1. The maximum absolute atomic E-state index is 15.0. The summed E-state index contributed by atoms with van der Waals surface area (Å²) in [6, 6.07) is 2.23. The fourth-order valence-corrected chi connectivity index (χ4v) is 3.04. The van der Waals surface area contributed by atoms with Gasteiger partial charge in [-0.3, -0.25) is 9.48 Å². The maximum Gasteiger partial charge on any atom is 0.339 e. The van der Waals surface area contributed by atoms with Crippen molar-refractivity contribution in [3.05, 3.63) is 35.9 Å². The number of hydrogen-bond donors (Lipinski definition) is 3. The molecule has 2 aromatic heterocycles. The van der Waals surface area contributed by atoms with Crippen LogP contribution in [0.25, 0.3) is 10.9 Å². The van der Waals surface area contributed by atoms with Crippen molar-refractivity contribution < 1.29 is 30.7 Å². The predicted molar refractivity (Wildman–Crippen MR) is 108 cm³/mol. The Morgan fingerprint density at radius 3 is 2.87 bits per heavy atom. The number of aryl methyl sites for hydroxylation is 1. The van der Waals surface area contributed by atoms with Gasteiger partial charge in [0.2, 0.25) is 5.91 Å². The molecule has 10 heteroatoms. The van der Waals surface area contributed by atoms with E-state index in [0.29, 0.717) is 4.68 Å². The standard InChI is InChI=1S/C20H20FN5O4/c1-3-26-17-11(9-23-26)13(21)6-15(18(17)30-2)24-14-7-16(22-8-12(14)20(28)29)25-19(27)10-4-5-10/h6-10H,3-5H2,1-2H3,(H,28,29)(H2,22,24,25,27)/i1D3,3D2. The molecule has 0 bridgehead atoms. The molecule has 4 rings (SSSR count). The zero-order valence-electron chi connectivity index (χ0n) is 20.7. The van der Waals surface area contributed by atoms with Crippen molar-refractivity contribution in [3.8, 4) is 5.75 Å². The van der Waals surface area contributed by atoms with Crippen LogP contribution in [-0.2, 0) is 11.3 Å². The van der Waals surface area contributed by atoms with Gasteiger partial charge >= 0.3 is 5.97 Å². The number of halogens is 1. The molecule has 0 saturated heterocycles. The Labute approximate surface area is 177 Å². The molecule has 1 aliphatic rings. The highest BCUT2D eigenvalue weighted by molar-refractivity contribution is 5.99. The number of carboxylic acid groups (broad SMARTS) is 1.